The SMILES string of the molecule is C=C(Nc1ccc(-c2cc3c(cc2Br)CCO3)cn1)c1c(F)cccc1F. The number of aromatic nitrogens is 1. The molecule has 3 aromatic rings. The molecular weight excluding hydrogens is 414 g/mol. The molecule has 2 heterocycles. The van der Waals surface area contributed by atoms with Crippen molar-refractivity contribution in [3.63, 3.8) is 0 Å². The fourth-order valence-corrected chi connectivity index (χ4v) is 3.67. The van der Waals surface area contributed by atoms with E-state index in [2.05, 4.69) is 38.9 Å². The summed E-state index contributed by atoms with van der Waals surface area (Å²) in [6.07, 6.45) is 2.60. The van der Waals surface area contributed by atoms with Gasteiger partial charge in [0.1, 0.15) is 23.2 Å². The fraction of sp³-hybridized carbons (Fsp3) is 0.0952. The highest BCUT2D eigenvalue weighted by Gasteiger charge is 2.16. The molecule has 0 saturated carbocycles. The summed E-state index contributed by atoms with van der Waals surface area (Å²) in [5.74, 6) is -0.0175. The molecule has 0 unspecified atom stereocenters. The lowest BCUT2D eigenvalue weighted by Gasteiger charge is -2.12. The van der Waals surface area contributed by atoms with Crippen molar-refractivity contribution < 1.29 is 13.5 Å². The number of hydrogen-bond acceptors (Lipinski definition) is 3. The highest BCUT2D eigenvalue weighted by atomic mass is 79.9. The summed E-state index contributed by atoms with van der Waals surface area (Å²) in [7, 11) is 0. The van der Waals surface area contributed by atoms with E-state index in [9.17, 15) is 8.78 Å². The van der Waals surface area contributed by atoms with Crippen LogP contribution in [-0.4, -0.2) is 11.6 Å². The van der Waals surface area contributed by atoms with Crippen LogP contribution < -0.4 is 10.1 Å². The summed E-state index contributed by atoms with van der Waals surface area (Å²) >= 11 is 3.60. The quantitative estimate of drug-likeness (QED) is 0.569. The predicted octanol–water partition coefficient (Wildman–Crippen LogP) is 5.81. The fourth-order valence-electron chi connectivity index (χ4n) is 3.05. The number of halogens is 3. The van der Waals surface area contributed by atoms with Crippen molar-refractivity contribution in [1.29, 1.82) is 0 Å². The first kappa shape index (κ1) is 17.7. The van der Waals surface area contributed by atoms with Crippen LogP contribution in [-0.2, 0) is 6.42 Å². The van der Waals surface area contributed by atoms with Crippen LogP contribution >= 0.6 is 15.9 Å². The van der Waals surface area contributed by atoms with Crippen molar-refractivity contribution in [3.05, 3.63) is 82.5 Å². The van der Waals surface area contributed by atoms with Crippen LogP contribution in [0.2, 0.25) is 0 Å². The average molecular weight is 429 g/mol. The maximum atomic E-state index is 13.9. The zero-order valence-electron chi connectivity index (χ0n) is 14.2. The summed E-state index contributed by atoms with van der Waals surface area (Å²) in [6, 6.07) is 11.4. The summed E-state index contributed by atoms with van der Waals surface area (Å²) in [4.78, 5) is 4.34. The highest BCUT2D eigenvalue weighted by molar-refractivity contribution is 9.10. The van der Waals surface area contributed by atoms with Gasteiger partial charge in [-0.25, -0.2) is 13.8 Å². The monoisotopic (exact) mass is 428 g/mol. The lowest BCUT2D eigenvalue weighted by molar-refractivity contribution is 0.357. The molecule has 0 saturated heterocycles. The van der Waals surface area contributed by atoms with Gasteiger partial charge in [-0.1, -0.05) is 28.6 Å². The minimum Gasteiger partial charge on any atom is -0.493 e. The molecule has 136 valence electrons. The second-order valence-electron chi connectivity index (χ2n) is 6.17. The molecule has 2 aromatic carbocycles. The highest BCUT2D eigenvalue weighted by Crippen LogP contribution is 2.37. The Morgan fingerprint density at radius 1 is 1.15 bits per heavy atom. The molecule has 6 heteroatoms. The van der Waals surface area contributed by atoms with Gasteiger partial charge in [0.15, 0.2) is 0 Å². The Bertz CT molecular complexity index is 1010. The average Bonchev–Trinajstić information content (AvgIpc) is 3.09. The van der Waals surface area contributed by atoms with Crippen LogP contribution in [0, 0.1) is 11.6 Å². The maximum Gasteiger partial charge on any atom is 0.135 e. The van der Waals surface area contributed by atoms with Crippen molar-refractivity contribution in [2.24, 2.45) is 0 Å². The van der Waals surface area contributed by atoms with Crippen LogP contribution in [0.1, 0.15) is 11.1 Å². The molecule has 0 atom stereocenters. The predicted molar refractivity (Wildman–Crippen MR) is 106 cm³/mol. The molecule has 0 spiro atoms. The molecule has 3 nitrogen and oxygen atoms in total. The topological polar surface area (TPSA) is 34.1 Å². The van der Waals surface area contributed by atoms with Gasteiger partial charge in [0.05, 0.1) is 12.2 Å². The number of ether oxygens (including phenoxy) is 1. The Kier molecular flexibility index (Phi) is 4.66. The molecule has 1 aromatic heterocycles. The Morgan fingerprint density at radius 2 is 1.93 bits per heavy atom. The Labute approximate surface area is 163 Å². The second kappa shape index (κ2) is 7.12. The van der Waals surface area contributed by atoms with E-state index < -0.39 is 11.6 Å². The van der Waals surface area contributed by atoms with E-state index in [1.54, 1.807) is 12.3 Å². The van der Waals surface area contributed by atoms with Gasteiger partial charge in [0.2, 0.25) is 0 Å². The lowest BCUT2D eigenvalue weighted by Crippen LogP contribution is -2.04. The van der Waals surface area contributed by atoms with E-state index in [1.807, 2.05) is 12.1 Å². The van der Waals surface area contributed by atoms with Gasteiger partial charge in [0.25, 0.3) is 0 Å². The van der Waals surface area contributed by atoms with Crippen LogP contribution in [0.3, 0.4) is 0 Å². The number of nitrogens with one attached hydrogen (secondary N) is 1. The van der Waals surface area contributed by atoms with Crippen LogP contribution in [0.25, 0.3) is 16.8 Å². The van der Waals surface area contributed by atoms with Gasteiger partial charge in [0, 0.05) is 33.9 Å². The third kappa shape index (κ3) is 3.45. The van der Waals surface area contributed by atoms with Gasteiger partial charge < -0.3 is 10.1 Å². The number of pyridine rings is 1. The number of rotatable bonds is 4. The molecule has 0 aliphatic carbocycles. The van der Waals surface area contributed by atoms with E-state index in [0.717, 1.165) is 27.8 Å². The molecule has 0 fully saturated rings. The van der Waals surface area contributed by atoms with Crippen LogP contribution in [0.15, 0.2) is 59.7 Å². The second-order valence-corrected chi connectivity index (χ2v) is 7.02. The maximum absolute atomic E-state index is 13.9. The van der Waals surface area contributed by atoms with Gasteiger partial charge in [-0.2, -0.15) is 0 Å². The van der Waals surface area contributed by atoms with E-state index >= 15 is 0 Å². The first-order valence-electron chi connectivity index (χ1n) is 8.35. The standard InChI is InChI=1S/C21H15BrF2N2O/c1-12(21-17(23)3-2-4-18(21)24)26-20-6-5-14(11-25-20)15-10-19-13(7-8-27-19)9-16(15)22/h2-6,9-11H,1,7-8H2,(H,25,26). The summed E-state index contributed by atoms with van der Waals surface area (Å²) in [6.45, 7) is 4.42. The van der Waals surface area contributed by atoms with Crippen molar-refractivity contribution >= 4 is 27.4 Å². The van der Waals surface area contributed by atoms with Crippen molar-refractivity contribution in [2.75, 3.05) is 11.9 Å². The van der Waals surface area contributed by atoms with Gasteiger partial charge >= 0.3 is 0 Å². The summed E-state index contributed by atoms with van der Waals surface area (Å²) in [5.41, 5.74) is 2.96. The Morgan fingerprint density at radius 3 is 2.63 bits per heavy atom. The van der Waals surface area contributed by atoms with Crippen LogP contribution in [0.5, 0.6) is 5.75 Å². The van der Waals surface area contributed by atoms with E-state index in [1.165, 1.54) is 23.8 Å². The van der Waals surface area contributed by atoms with Crippen molar-refractivity contribution in [3.8, 4) is 16.9 Å². The number of benzene rings is 2. The Hall–Kier alpha value is -2.73. The van der Waals surface area contributed by atoms with E-state index in [-0.39, 0.29) is 11.3 Å². The van der Waals surface area contributed by atoms with Crippen LogP contribution in [0.4, 0.5) is 14.6 Å². The van der Waals surface area contributed by atoms with Crippen molar-refractivity contribution in [2.45, 2.75) is 6.42 Å². The smallest absolute Gasteiger partial charge is 0.135 e. The largest absolute Gasteiger partial charge is 0.493 e. The number of anilines is 1. The normalized spacial score (nSPS) is 12.4. The van der Waals surface area contributed by atoms with Gasteiger partial charge in [-0.15, -0.1) is 0 Å². The third-order valence-corrected chi connectivity index (χ3v) is 5.05. The van der Waals surface area contributed by atoms with E-state index in [0.29, 0.717) is 12.4 Å². The first-order chi connectivity index (χ1) is 13.0. The molecule has 0 amide bonds. The number of hydrogen-bond donors (Lipinski definition) is 1. The Balaban J connectivity index is 1.57. The molecule has 0 bridgehead atoms. The zero-order chi connectivity index (χ0) is 19.0. The molecular formula is C21H15BrF2N2O. The number of nitrogens with zero attached hydrogens (tertiary/aromatic N) is 1. The molecule has 1 aliphatic heterocycles. The van der Waals surface area contributed by atoms with Gasteiger partial charge in [-0.3, -0.25) is 0 Å². The molecule has 1 N–H and O–H groups in total. The zero-order valence-corrected chi connectivity index (χ0v) is 15.8. The van der Waals surface area contributed by atoms with Crippen molar-refractivity contribution in [1.82, 2.24) is 4.98 Å². The minimum atomic E-state index is -0.675. The molecule has 27 heavy (non-hydrogen) atoms. The molecule has 4 rings (SSSR count). The summed E-state index contributed by atoms with van der Waals surface area (Å²) < 4.78 is 34.3. The minimum absolute atomic E-state index is 0.109. The molecule has 0 radical (unpaired) electrons. The van der Waals surface area contributed by atoms with Gasteiger partial charge in [-0.05, 0) is 42.0 Å². The lowest BCUT2D eigenvalue weighted by atomic mass is 10.0. The third-order valence-electron chi connectivity index (χ3n) is 4.40. The first-order valence-corrected chi connectivity index (χ1v) is 9.14. The number of fused-ring (bicyclic) bond motifs is 1. The summed E-state index contributed by atoms with van der Waals surface area (Å²) in [5, 5.41) is 2.85. The van der Waals surface area contributed by atoms with E-state index in [4.69, 9.17) is 4.74 Å². The molecule has 1 aliphatic rings.